The van der Waals surface area contributed by atoms with E-state index in [9.17, 15) is 13.2 Å². The summed E-state index contributed by atoms with van der Waals surface area (Å²) in [5, 5.41) is 2.96. The second kappa shape index (κ2) is 9.27. The van der Waals surface area contributed by atoms with Gasteiger partial charge in [-0.15, -0.1) is 0 Å². The Morgan fingerprint density at radius 2 is 1.66 bits per heavy atom. The number of aryl methyl sites for hydroxylation is 2. The van der Waals surface area contributed by atoms with Crippen molar-refractivity contribution in [2.45, 2.75) is 50.7 Å². The van der Waals surface area contributed by atoms with Gasteiger partial charge in [-0.05, 0) is 59.7 Å². The van der Waals surface area contributed by atoms with Crippen LogP contribution in [-0.2, 0) is 40.7 Å². The summed E-state index contributed by atoms with van der Waals surface area (Å²) in [4.78, 5) is 13.5. The highest BCUT2D eigenvalue weighted by molar-refractivity contribution is 7.89. The first kappa shape index (κ1) is 22.2. The first-order valence-corrected chi connectivity index (χ1v) is 12.3. The van der Waals surface area contributed by atoms with Crippen LogP contribution in [0.1, 0.15) is 34.7 Å². The summed E-state index contributed by atoms with van der Waals surface area (Å²) in [5.74, 6) is -0.282. The SMILES string of the molecule is CCc1ccc(CNC(=O)C2Cc3ccccc3CN2S(=O)(=O)c2cccc(C)c2)cc1. The maximum absolute atomic E-state index is 13.6. The molecular formula is C26H28N2O3S. The predicted octanol–water partition coefficient (Wildman–Crippen LogP) is 3.99. The van der Waals surface area contributed by atoms with Crippen molar-refractivity contribution >= 4 is 15.9 Å². The average molecular weight is 449 g/mol. The molecule has 6 heteroatoms. The number of carbonyl (C=O) groups excluding carboxylic acids is 1. The summed E-state index contributed by atoms with van der Waals surface area (Å²) in [6.45, 7) is 4.49. The summed E-state index contributed by atoms with van der Waals surface area (Å²) in [7, 11) is -3.84. The Kier molecular flexibility index (Phi) is 6.44. The molecule has 0 saturated heterocycles. The number of rotatable bonds is 6. The Balaban J connectivity index is 1.61. The predicted molar refractivity (Wildman–Crippen MR) is 126 cm³/mol. The Bertz CT molecular complexity index is 1220. The highest BCUT2D eigenvalue weighted by atomic mass is 32.2. The number of carbonyl (C=O) groups is 1. The van der Waals surface area contributed by atoms with Gasteiger partial charge in [0.1, 0.15) is 6.04 Å². The number of amides is 1. The molecule has 5 nitrogen and oxygen atoms in total. The molecule has 32 heavy (non-hydrogen) atoms. The van der Waals surface area contributed by atoms with Crippen LogP contribution < -0.4 is 5.32 Å². The van der Waals surface area contributed by atoms with Crippen LogP contribution >= 0.6 is 0 Å². The monoisotopic (exact) mass is 448 g/mol. The highest BCUT2D eigenvalue weighted by Gasteiger charge is 2.39. The molecule has 1 atom stereocenters. The number of hydrogen-bond acceptors (Lipinski definition) is 3. The Morgan fingerprint density at radius 3 is 2.34 bits per heavy atom. The average Bonchev–Trinajstić information content (AvgIpc) is 2.82. The molecule has 0 spiro atoms. The molecule has 0 bridgehead atoms. The van der Waals surface area contributed by atoms with Gasteiger partial charge < -0.3 is 5.32 Å². The van der Waals surface area contributed by atoms with Gasteiger partial charge in [0.25, 0.3) is 0 Å². The van der Waals surface area contributed by atoms with E-state index in [2.05, 4.69) is 12.2 Å². The van der Waals surface area contributed by atoms with Crippen LogP contribution in [0.5, 0.6) is 0 Å². The highest BCUT2D eigenvalue weighted by Crippen LogP contribution is 2.29. The van der Waals surface area contributed by atoms with Gasteiger partial charge in [-0.1, -0.05) is 67.6 Å². The van der Waals surface area contributed by atoms with Gasteiger partial charge in [0, 0.05) is 13.1 Å². The second-order valence-corrected chi connectivity index (χ2v) is 10.1. The van der Waals surface area contributed by atoms with Crippen LogP contribution in [0.2, 0.25) is 0 Å². The summed E-state index contributed by atoms with van der Waals surface area (Å²) in [5.41, 5.74) is 5.03. The van der Waals surface area contributed by atoms with Crippen molar-refractivity contribution in [1.82, 2.24) is 9.62 Å². The molecule has 0 aliphatic carbocycles. The van der Waals surface area contributed by atoms with Crippen molar-refractivity contribution < 1.29 is 13.2 Å². The molecule has 166 valence electrons. The van der Waals surface area contributed by atoms with Crippen LogP contribution in [0.4, 0.5) is 0 Å². The van der Waals surface area contributed by atoms with Crippen LogP contribution in [0, 0.1) is 6.92 Å². The van der Waals surface area contributed by atoms with Crippen LogP contribution in [0.25, 0.3) is 0 Å². The minimum absolute atomic E-state index is 0.176. The molecule has 1 heterocycles. The molecule has 0 radical (unpaired) electrons. The second-order valence-electron chi connectivity index (χ2n) is 8.24. The van der Waals surface area contributed by atoms with Gasteiger partial charge in [-0.25, -0.2) is 8.42 Å². The zero-order valence-electron chi connectivity index (χ0n) is 18.4. The molecular weight excluding hydrogens is 420 g/mol. The van der Waals surface area contributed by atoms with E-state index in [0.29, 0.717) is 13.0 Å². The topological polar surface area (TPSA) is 66.5 Å². The Morgan fingerprint density at radius 1 is 0.969 bits per heavy atom. The van der Waals surface area contributed by atoms with E-state index in [-0.39, 0.29) is 17.3 Å². The number of sulfonamides is 1. The molecule has 1 unspecified atom stereocenters. The fraction of sp³-hybridized carbons (Fsp3) is 0.269. The van der Waals surface area contributed by atoms with Crippen molar-refractivity contribution in [1.29, 1.82) is 0 Å². The van der Waals surface area contributed by atoms with E-state index in [1.165, 1.54) is 9.87 Å². The maximum atomic E-state index is 13.6. The molecule has 1 aliphatic rings. The molecule has 0 saturated carbocycles. The summed E-state index contributed by atoms with van der Waals surface area (Å²) >= 11 is 0. The third-order valence-corrected chi connectivity index (χ3v) is 7.85. The third kappa shape index (κ3) is 4.61. The number of hydrogen-bond donors (Lipinski definition) is 1. The maximum Gasteiger partial charge on any atom is 0.244 e. The van der Waals surface area contributed by atoms with Crippen molar-refractivity contribution in [3.8, 4) is 0 Å². The molecule has 1 amide bonds. The first-order valence-electron chi connectivity index (χ1n) is 10.9. The largest absolute Gasteiger partial charge is 0.351 e. The zero-order valence-corrected chi connectivity index (χ0v) is 19.2. The van der Waals surface area contributed by atoms with Gasteiger partial charge >= 0.3 is 0 Å². The number of fused-ring (bicyclic) bond motifs is 1. The van der Waals surface area contributed by atoms with Gasteiger partial charge in [-0.3, -0.25) is 4.79 Å². The quantitative estimate of drug-likeness (QED) is 0.620. The molecule has 0 aromatic heterocycles. The van der Waals surface area contributed by atoms with Crippen LogP contribution in [0.3, 0.4) is 0 Å². The summed E-state index contributed by atoms with van der Waals surface area (Å²) in [6, 6.07) is 21.8. The lowest BCUT2D eigenvalue weighted by Gasteiger charge is -2.35. The van der Waals surface area contributed by atoms with E-state index in [4.69, 9.17) is 0 Å². The van der Waals surface area contributed by atoms with Crippen molar-refractivity contribution in [2.24, 2.45) is 0 Å². The van der Waals surface area contributed by atoms with Gasteiger partial charge in [0.2, 0.25) is 15.9 Å². The van der Waals surface area contributed by atoms with E-state index < -0.39 is 16.1 Å². The molecule has 0 fully saturated rings. The minimum atomic E-state index is -3.84. The van der Waals surface area contributed by atoms with Crippen LogP contribution in [0.15, 0.2) is 77.7 Å². The van der Waals surface area contributed by atoms with E-state index in [1.807, 2.05) is 61.5 Å². The Hall–Kier alpha value is -2.96. The lowest BCUT2D eigenvalue weighted by Crippen LogP contribution is -2.52. The van der Waals surface area contributed by atoms with E-state index in [1.54, 1.807) is 18.2 Å². The molecule has 1 aliphatic heterocycles. The normalized spacial score (nSPS) is 16.4. The van der Waals surface area contributed by atoms with Crippen LogP contribution in [-0.4, -0.2) is 24.7 Å². The molecule has 3 aromatic rings. The van der Waals surface area contributed by atoms with Crippen molar-refractivity contribution in [2.75, 3.05) is 0 Å². The summed E-state index contributed by atoms with van der Waals surface area (Å²) in [6.07, 6.45) is 1.31. The molecule has 4 rings (SSSR count). The number of benzene rings is 3. The third-order valence-electron chi connectivity index (χ3n) is 6.00. The lowest BCUT2D eigenvalue weighted by atomic mass is 9.95. The minimum Gasteiger partial charge on any atom is -0.351 e. The van der Waals surface area contributed by atoms with Gasteiger partial charge in [-0.2, -0.15) is 4.31 Å². The van der Waals surface area contributed by atoms with Crippen molar-refractivity contribution in [3.63, 3.8) is 0 Å². The van der Waals surface area contributed by atoms with E-state index >= 15 is 0 Å². The Labute approximate surface area is 190 Å². The number of nitrogens with zero attached hydrogens (tertiary/aromatic N) is 1. The lowest BCUT2D eigenvalue weighted by molar-refractivity contribution is -0.125. The molecule has 3 aromatic carbocycles. The van der Waals surface area contributed by atoms with Crippen molar-refractivity contribution in [3.05, 3.63) is 101 Å². The zero-order chi connectivity index (χ0) is 22.7. The van der Waals surface area contributed by atoms with Gasteiger partial charge in [0.05, 0.1) is 4.90 Å². The standard InChI is InChI=1S/C26H28N2O3S/c1-3-20-11-13-21(14-12-20)17-27-26(29)25-16-22-8-4-5-9-23(22)18-28(25)32(30,31)24-10-6-7-19(2)15-24/h4-15,25H,3,16-18H2,1-2H3,(H,27,29). The van der Waals surface area contributed by atoms with E-state index in [0.717, 1.165) is 28.7 Å². The fourth-order valence-electron chi connectivity index (χ4n) is 4.09. The first-order chi connectivity index (χ1) is 15.4. The van der Waals surface area contributed by atoms with Gasteiger partial charge in [0.15, 0.2) is 0 Å². The number of nitrogens with one attached hydrogen (secondary N) is 1. The molecule has 1 N–H and O–H groups in total. The summed E-state index contributed by atoms with van der Waals surface area (Å²) < 4.78 is 28.5. The smallest absolute Gasteiger partial charge is 0.244 e. The fourth-order valence-corrected chi connectivity index (χ4v) is 5.76.